The first-order chi connectivity index (χ1) is 10.1. The zero-order valence-corrected chi connectivity index (χ0v) is 11.1. The molecule has 0 bridgehead atoms. The van der Waals surface area contributed by atoms with Crippen LogP contribution in [0.3, 0.4) is 0 Å². The van der Waals surface area contributed by atoms with Gasteiger partial charge in [-0.1, -0.05) is 6.07 Å². The van der Waals surface area contributed by atoms with E-state index in [9.17, 15) is 9.59 Å². The Labute approximate surface area is 120 Å². The Kier molecular flexibility index (Phi) is 4.40. The smallest absolute Gasteiger partial charge is 0.379 e. The van der Waals surface area contributed by atoms with Gasteiger partial charge < -0.3 is 19.0 Å². The molecule has 0 radical (unpaired) electrons. The highest BCUT2D eigenvalue weighted by molar-refractivity contribution is 5.88. The Morgan fingerprint density at radius 1 is 1.24 bits per heavy atom. The summed E-state index contributed by atoms with van der Waals surface area (Å²) in [6.45, 7) is 0. The summed E-state index contributed by atoms with van der Waals surface area (Å²) < 4.78 is 15.2. The molecule has 0 saturated carbocycles. The lowest BCUT2D eigenvalue weighted by Crippen LogP contribution is -2.08. The number of rotatable bonds is 5. The number of carbonyl (C=O) groups excluding carboxylic acids is 1. The van der Waals surface area contributed by atoms with Gasteiger partial charge in [-0.05, 0) is 35.9 Å². The first kappa shape index (κ1) is 14.4. The molecule has 2 rings (SSSR count). The first-order valence-corrected chi connectivity index (χ1v) is 5.95. The van der Waals surface area contributed by atoms with Crippen LogP contribution in [0.4, 0.5) is 0 Å². The molecule has 108 valence electrons. The lowest BCUT2D eigenvalue weighted by molar-refractivity contribution is -0.131. The third-order valence-corrected chi connectivity index (χ3v) is 2.53. The van der Waals surface area contributed by atoms with Gasteiger partial charge in [0.1, 0.15) is 0 Å². The Morgan fingerprint density at radius 3 is 2.67 bits per heavy atom. The summed E-state index contributed by atoms with van der Waals surface area (Å²) >= 11 is 0. The summed E-state index contributed by atoms with van der Waals surface area (Å²) in [5, 5.41) is 8.58. The fraction of sp³-hybridized carbons (Fsp3) is 0.0667. The number of carbonyl (C=O) groups is 2. The molecule has 1 aromatic carbocycles. The molecule has 0 fully saturated rings. The number of ether oxygens (including phenoxy) is 2. The van der Waals surface area contributed by atoms with Gasteiger partial charge in [0.25, 0.3) is 0 Å². The molecule has 2 aromatic rings. The minimum absolute atomic E-state index is 0.0758. The van der Waals surface area contributed by atoms with Gasteiger partial charge in [0, 0.05) is 6.08 Å². The molecular formula is C15H12O6. The van der Waals surface area contributed by atoms with E-state index in [0.29, 0.717) is 11.3 Å². The SMILES string of the molecule is COc1cc(C=CC(=O)O)ccc1OC(=O)c1ccco1. The van der Waals surface area contributed by atoms with Crippen LogP contribution < -0.4 is 9.47 Å². The van der Waals surface area contributed by atoms with E-state index < -0.39 is 11.9 Å². The minimum Gasteiger partial charge on any atom is -0.493 e. The molecule has 0 aliphatic heterocycles. The Balaban J connectivity index is 2.20. The van der Waals surface area contributed by atoms with Gasteiger partial charge in [0.15, 0.2) is 11.5 Å². The largest absolute Gasteiger partial charge is 0.493 e. The van der Waals surface area contributed by atoms with E-state index in [4.69, 9.17) is 19.0 Å². The van der Waals surface area contributed by atoms with Crippen molar-refractivity contribution in [1.29, 1.82) is 0 Å². The van der Waals surface area contributed by atoms with Crippen LogP contribution >= 0.6 is 0 Å². The Morgan fingerprint density at radius 2 is 2.05 bits per heavy atom. The molecule has 21 heavy (non-hydrogen) atoms. The molecule has 0 spiro atoms. The van der Waals surface area contributed by atoms with Crippen LogP contribution in [-0.2, 0) is 4.79 Å². The number of methoxy groups -OCH3 is 1. The lowest BCUT2D eigenvalue weighted by atomic mass is 10.2. The predicted molar refractivity (Wildman–Crippen MR) is 73.3 cm³/mol. The van der Waals surface area contributed by atoms with Crippen LogP contribution in [0.5, 0.6) is 11.5 Å². The van der Waals surface area contributed by atoms with Gasteiger partial charge >= 0.3 is 11.9 Å². The monoisotopic (exact) mass is 288 g/mol. The van der Waals surface area contributed by atoms with E-state index in [1.807, 2.05) is 0 Å². The number of aliphatic carboxylic acids is 1. The average Bonchev–Trinajstić information content (AvgIpc) is 3.00. The molecule has 0 aliphatic rings. The molecule has 1 heterocycles. The fourth-order valence-corrected chi connectivity index (χ4v) is 1.58. The molecule has 0 saturated heterocycles. The second-order valence-electron chi connectivity index (χ2n) is 3.95. The molecule has 1 N–H and O–H groups in total. The molecule has 0 unspecified atom stereocenters. The summed E-state index contributed by atoms with van der Waals surface area (Å²) in [5.74, 6) is -1.10. The van der Waals surface area contributed by atoms with Gasteiger partial charge in [0.05, 0.1) is 13.4 Å². The van der Waals surface area contributed by atoms with Crippen molar-refractivity contribution in [1.82, 2.24) is 0 Å². The van der Waals surface area contributed by atoms with Crippen molar-refractivity contribution >= 4 is 18.0 Å². The van der Waals surface area contributed by atoms with Gasteiger partial charge in [-0.15, -0.1) is 0 Å². The lowest BCUT2D eigenvalue weighted by Gasteiger charge is -2.09. The van der Waals surface area contributed by atoms with Crippen LogP contribution in [0.1, 0.15) is 16.1 Å². The number of benzene rings is 1. The maximum absolute atomic E-state index is 11.8. The molecule has 6 nitrogen and oxygen atoms in total. The number of hydrogen-bond acceptors (Lipinski definition) is 5. The van der Waals surface area contributed by atoms with Gasteiger partial charge in [-0.2, -0.15) is 0 Å². The van der Waals surface area contributed by atoms with Gasteiger partial charge in [-0.3, -0.25) is 0 Å². The van der Waals surface area contributed by atoms with Crippen molar-refractivity contribution in [2.75, 3.05) is 7.11 Å². The van der Waals surface area contributed by atoms with Crippen molar-refractivity contribution < 1.29 is 28.6 Å². The second-order valence-corrected chi connectivity index (χ2v) is 3.95. The van der Waals surface area contributed by atoms with Crippen LogP contribution in [0, 0.1) is 0 Å². The van der Waals surface area contributed by atoms with E-state index in [1.165, 1.54) is 31.6 Å². The van der Waals surface area contributed by atoms with Crippen LogP contribution in [0.2, 0.25) is 0 Å². The third kappa shape index (κ3) is 3.73. The second kappa shape index (κ2) is 6.42. The van der Waals surface area contributed by atoms with Crippen LogP contribution in [0.25, 0.3) is 6.08 Å². The number of furan rings is 1. The van der Waals surface area contributed by atoms with Crippen molar-refractivity contribution in [2.24, 2.45) is 0 Å². The van der Waals surface area contributed by atoms with Crippen LogP contribution in [-0.4, -0.2) is 24.2 Å². The Bertz CT molecular complexity index is 669. The highest BCUT2D eigenvalue weighted by Crippen LogP contribution is 2.29. The highest BCUT2D eigenvalue weighted by atomic mass is 16.6. The minimum atomic E-state index is -1.05. The zero-order chi connectivity index (χ0) is 15.2. The van der Waals surface area contributed by atoms with E-state index in [2.05, 4.69) is 0 Å². The van der Waals surface area contributed by atoms with E-state index >= 15 is 0 Å². The Hall–Kier alpha value is -3.02. The average molecular weight is 288 g/mol. The number of carboxylic acids is 1. The molecular weight excluding hydrogens is 276 g/mol. The maximum Gasteiger partial charge on any atom is 0.379 e. The highest BCUT2D eigenvalue weighted by Gasteiger charge is 2.14. The maximum atomic E-state index is 11.8. The summed E-state index contributed by atoms with van der Waals surface area (Å²) in [5.41, 5.74) is 0.604. The molecule has 0 amide bonds. The fourth-order valence-electron chi connectivity index (χ4n) is 1.58. The summed E-state index contributed by atoms with van der Waals surface area (Å²) in [7, 11) is 1.42. The molecule has 6 heteroatoms. The predicted octanol–water partition coefficient (Wildman–Crippen LogP) is 2.61. The zero-order valence-electron chi connectivity index (χ0n) is 11.1. The number of esters is 1. The quantitative estimate of drug-likeness (QED) is 0.517. The van der Waals surface area contributed by atoms with Crippen molar-refractivity contribution in [3.05, 3.63) is 54.0 Å². The first-order valence-electron chi connectivity index (χ1n) is 5.95. The number of hydrogen-bond donors (Lipinski definition) is 1. The standard InChI is InChI=1S/C15H12O6/c1-19-13-9-10(5-7-14(16)17)4-6-11(13)21-15(18)12-3-2-8-20-12/h2-9H,1H3,(H,16,17). The third-order valence-electron chi connectivity index (χ3n) is 2.53. The van der Waals surface area contributed by atoms with Gasteiger partial charge in [0.2, 0.25) is 5.76 Å². The number of carboxylic acid groups (broad SMARTS) is 1. The molecule has 0 aliphatic carbocycles. The van der Waals surface area contributed by atoms with Crippen LogP contribution in [0.15, 0.2) is 47.1 Å². The van der Waals surface area contributed by atoms with Gasteiger partial charge in [-0.25, -0.2) is 9.59 Å². The normalized spacial score (nSPS) is 10.5. The molecule has 0 atom stereocenters. The summed E-state index contributed by atoms with van der Waals surface area (Å²) in [6, 6.07) is 7.74. The summed E-state index contributed by atoms with van der Waals surface area (Å²) in [6.07, 6.45) is 3.78. The van der Waals surface area contributed by atoms with E-state index in [1.54, 1.807) is 18.2 Å². The topological polar surface area (TPSA) is 86.0 Å². The van der Waals surface area contributed by atoms with Crippen molar-refractivity contribution in [3.8, 4) is 11.5 Å². The van der Waals surface area contributed by atoms with Crippen molar-refractivity contribution in [3.63, 3.8) is 0 Å². The summed E-state index contributed by atoms with van der Waals surface area (Å²) in [4.78, 5) is 22.3. The van der Waals surface area contributed by atoms with Crippen molar-refractivity contribution in [2.45, 2.75) is 0 Å². The molecule has 1 aromatic heterocycles. The van der Waals surface area contributed by atoms with E-state index in [0.717, 1.165) is 6.08 Å². The van der Waals surface area contributed by atoms with E-state index in [-0.39, 0.29) is 11.5 Å².